The fraction of sp³-hybridized carbons (Fsp3) is 1.00. The number of unbranched alkanes of at least 4 members (excludes halogenated alkanes) is 2. The second-order valence-electron chi connectivity index (χ2n) is 6.45. The van der Waals surface area contributed by atoms with E-state index in [2.05, 4.69) is 13.8 Å². The average molecular weight is 536 g/mol. The zero-order valence-corrected chi connectivity index (χ0v) is 23.6. The van der Waals surface area contributed by atoms with E-state index in [1.54, 1.807) is 0 Å². The van der Waals surface area contributed by atoms with Gasteiger partial charge in [-0.25, -0.2) is 0 Å². The van der Waals surface area contributed by atoms with Crippen LogP contribution in [-0.2, 0) is 56.4 Å². The van der Waals surface area contributed by atoms with Crippen molar-refractivity contribution in [2.75, 3.05) is 52.9 Å². The van der Waals surface area contributed by atoms with Gasteiger partial charge >= 0.3 is 196 Å². The Morgan fingerprint density at radius 2 is 0.710 bits per heavy atom. The first-order valence-corrected chi connectivity index (χ1v) is 16.1. The van der Waals surface area contributed by atoms with E-state index in [9.17, 15) is 0 Å². The van der Waals surface area contributed by atoms with Crippen LogP contribution in [0.1, 0.15) is 81.1 Å². The van der Waals surface area contributed by atoms with E-state index < -0.39 is 27.6 Å². The molecule has 0 N–H and O–H groups in total. The maximum absolute atomic E-state index is 6.65. The first-order chi connectivity index (χ1) is 15.0. The van der Waals surface area contributed by atoms with Crippen molar-refractivity contribution >= 4 is 0 Å². The van der Waals surface area contributed by atoms with E-state index in [-0.39, 0.29) is 0 Å². The standard InChI is InChI=1S/2C6H15NO3.2C4H9O.Zr/c2*1-4-8-7(9-5-2)10-6-3;2*1-2-3-4-5;/h2*4-6H2,1-3H3;2*2-4H2,1H3;/q;;2*-1;+4. The minimum atomic E-state index is -5.08. The van der Waals surface area contributed by atoms with Crippen molar-refractivity contribution in [2.45, 2.75) is 81.1 Å². The Labute approximate surface area is 195 Å². The molecular weight excluding hydrogens is 487 g/mol. The summed E-state index contributed by atoms with van der Waals surface area (Å²) in [5.74, 6) is 0. The first kappa shape index (κ1) is 31.5. The van der Waals surface area contributed by atoms with E-state index in [0.717, 1.165) is 25.7 Å². The van der Waals surface area contributed by atoms with Gasteiger partial charge in [0.1, 0.15) is 0 Å². The van der Waals surface area contributed by atoms with Gasteiger partial charge in [-0.05, 0) is 0 Å². The van der Waals surface area contributed by atoms with Crippen LogP contribution < -0.4 is 0 Å². The van der Waals surface area contributed by atoms with Gasteiger partial charge < -0.3 is 0 Å². The van der Waals surface area contributed by atoms with Gasteiger partial charge in [-0.3, -0.25) is 0 Å². The summed E-state index contributed by atoms with van der Waals surface area (Å²) in [6.45, 7) is 18.1. The van der Waals surface area contributed by atoms with E-state index in [0.29, 0.717) is 52.9 Å². The molecule has 0 aromatic carbocycles. The molecule has 0 rings (SSSR count). The van der Waals surface area contributed by atoms with E-state index in [1.165, 1.54) is 0 Å². The van der Waals surface area contributed by atoms with Crippen LogP contribution in [0, 0.1) is 0 Å². The molecule has 0 bridgehead atoms. The zero-order chi connectivity index (χ0) is 23.6. The Hall–Kier alpha value is 0.483. The normalized spacial score (nSPS) is 13.2. The SMILES string of the molecule is CCCC[O][Zr]([O]CCCC)([N+](OCC)(OCC)OCC)[N+](OCC)(OCC)OCC. The van der Waals surface area contributed by atoms with Gasteiger partial charge in [-0.15, -0.1) is 0 Å². The third-order valence-corrected chi connectivity index (χ3v) is 12.2. The van der Waals surface area contributed by atoms with Crippen LogP contribution >= 0.6 is 0 Å². The Morgan fingerprint density at radius 3 is 0.903 bits per heavy atom. The topological polar surface area (TPSA) is 73.8 Å². The third kappa shape index (κ3) is 8.33. The Bertz CT molecular complexity index is 362. The predicted octanol–water partition coefficient (Wildman–Crippen LogP) is 4.78. The van der Waals surface area contributed by atoms with Crippen molar-refractivity contribution in [3.8, 4) is 0 Å². The fourth-order valence-corrected chi connectivity index (χ4v) is 11.8. The summed E-state index contributed by atoms with van der Waals surface area (Å²) in [6, 6.07) is 0. The third-order valence-electron chi connectivity index (χ3n) is 4.06. The van der Waals surface area contributed by atoms with Gasteiger partial charge in [0.05, 0.1) is 0 Å². The van der Waals surface area contributed by atoms with Gasteiger partial charge in [0.15, 0.2) is 0 Å². The van der Waals surface area contributed by atoms with Crippen molar-refractivity contribution in [1.82, 2.24) is 0 Å². The van der Waals surface area contributed by atoms with Gasteiger partial charge in [0.2, 0.25) is 0 Å². The summed E-state index contributed by atoms with van der Waals surface area (Å²) in [6.07, 6.45) is 3.55. The van der Waals surface area contributed by atoms with Gasteiger partial charge in [0, 0.05) is 0 Å². The van der Waals surface area contributed by atoms with Crippen molar-refractivity contribution in [3.05, 3.63) is 0 Å². The molecule has 0 aliphatic rings. The molecule has 0 fully saturated rings. The second kappa shape index (κ2) is 17.9. The fourth-order valence-electron chi connectivity index (χ4n) is 2.94. The van der Waals surface area contributed by atoms with Crippen LogP contribution in [0.15, 0.2) is 0 Å². The van der Waals surface area contributed by atoms with E-state index >= 15 is 0 Å². The summed E-state index contributed by atoms with van der Waals surface area (Å²) in [4.78, 5) is 37.0. The number of hydrogen-bond acceptors (Lipinski definition) is 8. The molecule has 0 spiro atoms. The number of hydrogen-bond donors (Lipinski definition) is 0. The van der Waals surface area contributed by atoms with Crippen molar-refractivity contribution < 1.29 is 62.2 Å². The van der Waals surface area contributed by atoms with Crippen LogP contribution in [0.25, 0.3) is 0 Å². The van der Waals surface area contributed by atoms with Crippen LogP contribution in [0.3, 0.4) is 0 Å². The molecule has 0 aromatic heterocycles. The summed E-state index contributed by atoms with van der Waals surface area (Å²) in [5.41, 5.74) is 0. The summed E-state index contributed by atoms with van der Waals surface area (Å²) in [5, 5.41) is 0. The van der Waals surface area contributed by atoms with Crippen LogP contribution in [0.5, 0.6) is 0 Å². The summed E-state index contributed by atoms with van der Waals surface area (Å²) in [7, 11) is 0. The maximum atomic E-state index is 6.65. The van der Waals surface area contributed by atoms with Crippen LogP contribution in [0.2, 0.25) is 0 Å². The molecule has 188 valence electrons. The monoisotopic (exact) mass is 534 g/mol. The van der Waals surface area contributed by atoms with Gasteiger partial charge in [-0.1, -0.05) is 0 Å². The first-order valence-electron chi connectivity index (χ1n) is 11.9. The minimum absolute atomic E-state index is 0.303. The van der Waals surface area contributed by atoms with Crippen LogP contribution in [0.4, 0.5) is 0 Å². The number of nitrogens with zero attached hydrogens (tertiary/aromatic N) is 2. The molecule has 0 heterocycles. The quantitative estimate of drug-likeness (QED) is 0.145. The molecule has 0 saturated carbocycles. The molecule has 0 atom stereocenters. The molecule has 11 heteroatoms. The predicted molar refractivity (Wildman–Crippen MR) is 112 cm³/mol. The molecular formula is C20H48N2O8Zr+2. The molecule has 10 nitrogen and oxygen atoms in total. The Morgan fingerprint density at radius 1 is 0.452 bits per heavy atom. The molecule has 0 saturated heterocycles. The van der Waals surface area contributed by atoms with E-state index in [1.807, 2.05) is 41.5 Å². The number of quaternary nitrogens is 2. The summed E-state index contributed by atoms with van der Waals surface area (Å²) >= 11 is -5.08. The Balaban J connectivity index is 6.97. The van der Waals surface area contributed by atoms with Crippen molar-refractivity contribution in [3.63, 3.8) is 0 Å². The van der Waals surface area contributed by atoms with E-state index in [4.69, 9.17) is 34.7 Å². The number of rotatable bonds is 22. The molecule has 0 aromatic rings. The van der Waals surface area contributed by atoms with Gasteiger partial charge in [0.25, 0.3) is 0 Å². The molecule has 0 radical (unpaired) electrons. The second-order valence-corrected chi connectivity index (χ2v) is 13.3. The van der Waals surface area contributed by atoms with Crippen molar-refractivity contribution in [2.24, 2.45) is 0 Å². The summed E-state index contributed by atoms with van der Waals surface area (Å²) < 4.78 is 11.9. The average Bonchev–Trinajstić information content (AvgIpc) is 2.73. The molecule has 0 unspecified atom stereocenters. The molecule has 0 aliphatic heterocycles. The van der Waals surface area contributed by atoms with Gasteiger partial charge in [-0.2, -0.15) is 0 Å². The van der Waals surface area contributed by atoms with Crippen LogP contribution in [-0.4, -0.2) is 58.7 Å². The zero-order valence-electron chi connectivity index (χ0n) is 21.1. The molecule has 0 amide bonds. The molecule has 31 heavy (non-hydrogen) atoms. The Kier molecular flexibility index (Phi) is 18.2. The van der Waals surface area contributed by atoms with Crippen molar-refractivity contribution in [1.29, 1.82) is 0 Å². The molecule has 0 aliphatic carbocycles.